The minimum Gasteiger partial charge on any atom is -0.481 e. The lowest BCUT2D eigenvalue weighted by atomic mass is 10.1. The van der Waals surface area contributed by atoms with E-state index in [0.717, 1.165) is 12.1 Å². The van der Waals surface area contributed by atoms with Crippen LogP contribution in [0, 0.1) is 11.6 Å². The molecule has 3 rings (SSSR count). The van der Waals surface area contributed by atoms with E-state index in [0.29, 0.717) is 5.56 Å². The van der Waals surface area contributed by atoms with Gasteiger partial charge in [0.2, 0.25) is 0 Å². The quantitative estimate of drug-likeness (QED) is 0.913. The Morgan fingerprint density at radius 3 is 2.82 bits per heavy atom. The predicted molar refractivity (Wildman–Crippen MR) is 73.4 cm³/mol. The van der Waals surface area contributed by atoms with Gasteiger partial charge in [0, 0.05) is 29.9 Å². The molecule has 0 unspecified atom stereocenters. The summed E-state index contributed by atoms with van der Waals surface area (Å²) < 4.78 is 28.4. The fourth-order valence-corrected chi connectivity index (χ4v) is 2.61. The molecule has 7 heteroatoms. The van der Waals surface area contributed by atoms with Crippen molar-refractivity contribution in [2.45, 2.75) is 12.5 Å². The van der Waals surface area contributed by atoms with Gasteiger partial charge in [0.05, 0.1) is 12.5 Å². The van der Waals surface area contributed by atoms with Crippen LogP contribution in [0.2, 0.25) is 0 Å². The fourth-order valence-electron chi connectivity index (χ4n) is 2.61. The second kappa shape index (κ2) is 5.25. The Hall–Kier alpha value is -2.70. The van der Waals surface area contributed by atoms with Gasteiger partial charge in [-0.2, -0.15) is 0 Å². The molecule has 0 fully saturated rings. The first-order valence-electron chi connectivity index (χ1n) is 6.63. The molecule has 0 saturated carbocycles. The van der Waals surface area contributed by atoms with Crippen LogP contribution in [0.25, 0.3) is 11.1 Å². The van der Waals surface area contributed by atoms with Gasteiger partial charge in [0.15, 0.2) is 0 Å². The molecule has 1 aromatic heterocycles. The Morgan fingerprint density at radius 2 is 2.14 bits per heavy atom. The maximum atomic E-state index is 13.9. The molecule has 1 aliphatic rings. The third-order valence-corrected chi connectivity index (χ3v) is 3.63. The highest BCUT2D eigenvalue weighted by molar-refractivity contribution is 5.95. The summed E-state index contributed by atoms with van der Waals surface area (Å²) in [6, 6.07) is 4.21. The van der Waals surface area contributed by atoms with Gasteiger partial charge in [0.25, 0.3) is 5.91 Å². The van der Waals surface area contributed by atoms with Crippen LogP contribution in [0.15, 0.2) is 30.5 Å². The summed E-state index contributed by atoms with van der Waals surface area (Å²) in [5, 5.41) is 11.5. The van der Waals surface area contributed by atoms with Gasteiger partial charge >= 0.3 is 5.97 Å². The van der Waals surface area contributed by atoms with E-state index >= 15 is 0 Å². The standard InChI is InChI=1S/C15H12F2N2O3/c16-9-1-2-11(12(17)4-9)8-3-13-15(22)18-6-10(5-14(20)21)19(13)7-8/h1-4,7,10H,5-6H2,(H,18,22)(H,20,21)/t10-/m0/s1. The number of amides is 1. The number of carboxylic acid groups (broad SMARTS) is 1. The maximum absolute atomic E-state index is 13.9. The molecular weight excluding hydrogens is 294 g/mol. The number of hydrogen-bond acceptors (Lipinski definition) is 2. The first-order chi connectivity index (χ1) is 10.5. The van der Waals surface area contributed by atoms with Crippen LogP contribution >= 0.6 is 0 Å². The Labute approximate surface area is 124 Å². The first-order valence-corrected chi connectivity index (χ1v) is 6.63. The van der Waals surface area contributed by atoms with Crippen LogP contribution < -0.4 is 5.32 Å². The molecule has 0 radical (unpaired) electrons. The van der Waals surface area contributed by atoms with E-state index < -0.39 is 23.6 Å². The SMILES string of the molecule is O=C(O)C[C@H]1CNC(=O)c2cc(-c3ccc(F)cc3F)cn21. The van der Waals surface area contributed by atoms with E-state index in [1.807, 2.05) is 0 Å². The number of nitrogens with one attached hydrogen (secondary N) is 1. The number of aliphatic carboxylic acids is 1. The van der Waals surface area contributed by atoms with Gasteiger partial charge in [-0.05, 0) is 18.2 Å². The zero-order valence-electron chi connectivity index (χ0n) is 11.3. The Balaban J connectivity index is 2.06. The molecule has 0 bridgehead atoms. The van der Waals surface area contributed by atoms with Crippen LogP contribution in [-0.4, -0.2) is 28.1 Å². The van der Waals surface area contributed by atoms with Crippen molar-refractivity contribution in [3.05, 3.63) is 47.8 Å². The minimum atomic E-state index is -0.990. The minimum absolute atomic E-state index is 0.158. The number of carbonyl (C=O) groups is 2. The zero-order valence-corrected chi connectivity index (χ0v) is 11.3. The van der Waals surface area contributed by atoms with Gasteiger partial charge in [0.1, 0.15) is 17.3 Å². The van der Waals surface area contributed by atoms with E-state index in [2.05, 4.69) is 5.32 Å². The molecule has 0 saturated heterocycles. The average molecular weight is 306 g/mol. The van der Waals surface area contributed by atoms with E-state index in [4.69, 9.17) is 5.11 Å². The molecular formula is C15H12F2N2O3. The van der Waals surface area contributed by atoms with Crippen LogP contribution in [0.3, 0.4) is 0 Å². The Kier molecular flexibility index (Phi) is 3.40. The summed E-state index contributed by atoms with van der Waals surface area (Å²) in [6.07, 6.45) is 1.37. The van der Waals surface area contributed by atoms with E-state index in [9.17, 15) is 18.4 Å². The summed E-state index contributed by atoms with van der Waals surface area (Å²) in [5.74, 6) is -2.77. The van der Waals surface area contributed by atoms with Gasteiger partial charge in [-0.15, -0.1) is 0 Å². The van der Waals surface area contributed by atoms with Crippen LogP contribution in [0.4, 0.5) is 8.78 Å². The monoisotopic (exact) mass is 306 g/mol. The highest BCUT2D eigenvalue weighted by Gasteiger charge is 2.27. The van der Waals surface area contributed by atoms with Crippen molar-refractivity contribution in [3.63, 3.8) is 0 Å². The van der Waals surface area contributed by atoms with Crippen molar-refractivity contribution in [1.82, 2.24) is 9.88 Å². The molecule has 2 aromatic rings. The number of carboxylic acids is 1. The van der Waals surface area contributed by atoms with E-state index in [1.54, 1.807) is 0 Å². The van der Waals surface area contributed by atoms with Crippen molar-refractivity contribution >= 4 is 11.9 Å². The first kappa shape index (κ1) is 14.2. The molecule has 22 heavy (non-hydrogen) atoms. The molecule has 1 aliphatic heterocycles. The van der Waals surface area contributed by atoms with Crippen molar-refractivity contribution in [2.24, 2.45) is 0 Å². The smallest absolute Gasteiger partial charge is 0.305 e. The number of carbonyl (C=O) groups excluding carboxylic acids is 1. The summed E-state index contributed by atoms with van der Waals surface area (Å²) in [5.41, 5.74) is 0.821. The molecule has 1 atom stereocenters. The number of rotatable bonds is 3. The van der Waals surface area contributed by atoms with Gasteiger partial charge in [-0.3, -0.25) is 9.59 Å². The molecule has 2 N–H and O–H groups in total. The summed E-state index contributed by atoms with van der Waals surface area (Å²) in [4.78, 5) is 22.8. The van der Waals surface area contributed by atoms with Gasteiger partial charge in [-0.1, -0.05) is 0 Å². The Morgan fingerprint density at radius 1 is 1.36 bits per heavy atom. The molecule has 1 aromatic carbocycles. The maximum Gasteiger partial charge on any atom is 0.305 e. The third kappa shape index (κ3) is 2.45. The highest BCUT2D eigenvalue weighted by Crippen LogP contribution is 2.29. The summed E-state index contributed by atoms with van der Waals surface area (Å²) >= 11 is 0. The molecule has 0 spiro atoms. The topological polar surface area (TPSA) is 71.3 Å². The molecule has 1 amide bonds. The number of halogens is 2. The molecule has 2 heterocycles. The average Bonchev–Trinajstić information content (AvgIpc) is 2.87. The van der Waals surface area contributed by atoms with Crippen molar-refractivity contribution in [1.29, 1.82) is 0 Å². The number of nitrogens with zero attached hydrogens (tertiary/aromatic N) is 1. The van der Waals surface area contributed by atoms with Crippen molar-refractivity contribution in [2.75, 3.05) is 6.54 Å². The molecule has 5 nitrogen and oxygen atoms in total. The van der Waals surface area contributed by atoms with Crippen molar-refractivity contribution in [3.8, 4) is 11.1 Å². The lowest BCUT2D eigenvalue weighted by Crippen LogP contribution is -2.39. The normalized spacial score (nSPS) is 17.0. The van der Waals surface area contributed by atoms with Gasteiger partial charge in [-0.25, -0.2) is 8.78 Å². The van der Waals surface area contributed by atoms with Crippen LogP contribution in [0.1, 0.15) is 23.0 Å². The zero-order chi connectivity index (χ0) is 15.9. The third-order valence-electron chi connectivity index (χ3n) is 3.63. The molecule has 0 aliphatic carbocycles. The van der Waals surface area contributed by atoms with E-state index in [1.165, 1.54) is 22.9 Å². The number of fused-ring (bicyclic) bond motifs is 1. The fraction of sp³-hybridized carbons (Fsp3) is 0.200. The Bertz CT molecular complexity index is 770. The number of hydrogen-bond donors (Lipinski definition) is 2. The number of aromatic nitrogens is 1. The predicted octanol–water partition coefficient (Wildman–Crippen LogP) is 2.19. The lowest BCUT2D eigenvalue weighted by Gasteiger charge is -2.25. The lowest BCUT2D eigenvalue weighted by molar-refractivity contribution is -0.137. The van der Waals surface area contributed by atoms with E-state index in [-0.39, 0.29) is 30.1 Å². The second-order valence-corrected chi connectivity index (χ2v) is 5.11. The van der Waals surface area contributed by atoms with Crippen LogP contribution in [-0.2, 0) is 4.79 Å². The summed E-state index contributed by atoms with van der Waals surface area (Å²) in [6.45, 7) is 0.193. The largest absolute Gasteiger partial charge is 0.481 e. The summed E-state index contributed by atoms with van der Waals surface area (Å²) in [7, 11) is 0. The second-order valence-electron chi connectivity index (χ2n) is 5.11. The molecule has 114 valence electrons. The van der Waals surface area contributed by atoms with Crippen molar-refractivity contribution < 1.29 is 23.5 Å². The highest BCUT2D eigenvalue weighted by atomic mass is 19.1. The van der Waals surface area contributed by atoms with Gasteiger partial charge < -0.3 is 15.0 Å². The van der Waals surface area contributed by atoms with Crippen LogP contribution in [0.5, 0.6) is 0 Å². The number of benzene rings is 1.